The van der Waals surface area contributed by atoms with E-state index in [4.69, 9.17) is 4.42 Å². The lowest BCUT2D eigenvalue weighted by Gasteiger charge is -2.20. The van der Waals surface area contributed by atoms with Crippen molar-refractivity contribution >= 4 is 66.5 Å². The van der Waals surface area contributed by atoms with Crippen molar-refractivity contribution in [3.8, 4) is 11.1 Å². The highest BCUT2D eigenvalue weighted by atomic mass is 31.2. The van der Waals surface area contributed by atoms with Gasteiger partial charge in [-0.15, -0.1) is 0 Å². The predicted octanol–water partition coefficient (Wildman–Crippen LogP) is 9.20. The summed E-state index contributed by atoms with van der Waals surface area (Å²) in [6.45, 7) is 0. The molecule has 0 atom stereocenters. The lowest BCUT2D eigenvalue weighted by Crippen LogP contribution is -2.24. The molecule has 0 radical (unpaired) electrons. The van der Waals surface area contributed by atoms with E-state index in [1.54, 1.807) is 0 Å². The predicted molar refractivity (Wildman–Crippen MR) is 174 cm³/mol. The van der Waals surface area contributed by atoms with Crippen LogP contribution in [-0.4, -0.2) is 0 Å². The molecule has 0 amide bonds. The number of furan rings is 1. The maximum Gasteiger partial charge on any atom is 0.171 e. The van der Waals surface area contributed by atoms with Gasteiger partial charge in [0.2, 0.25) is 0 Å². The van der Waals surface area contributed by atoms with Crippen molar-refractivity contribution < 1.29 is 8.98 Å². The Morgan fingerprint density at radius 1 is 0.463 bits per heavy atom. The summed E-state index contributed by atoms with van der Waals surface area (Å²) in [5.41, 5.74) is 3.81. The second kappa shape index (κ2) is 9.34. The second-order valence-corrected chi connectivity index (χ2v) is 13.2. The molecule has 0 N–H and O–H groups in total. The quantitative estimate of drug-likeness (QED) is 0.207. The summed E-state index contributed by atoms with van der Waals surface area (Å²) in [6, 6.07) is 51.2. The standard InChI is InChI=1S/C38H25O2P/c39-41(29-13-3-1-4-14-29,30-15-5-2-6-16-30)31-22-19-27(20-23-31)34-25-28-12-8-10-18-33(28)37-36-32-17-9-7-11-26(32)21-24-35(36)40-38(34)37/h1-25H. The van der Waals surface area contributed by atoms with Gasteiger partial charge >= 0.3 is 0 Å². The van der Waals surface area contributed by atoms with Crippen LogP contribution in [0.4, 0.5) is 0 Å². The number of hydrogen-bond acceptors (Lipinski definition) is 2. The zero-order chi connectivity index (χ0) is 27.4. The highest BCUT2D eigenvalue weighted by Crippen LogP contribution is 2.45. The Labute approximate surface area is 237 Å². The molecule has 0 fully saturated rings. The Balaban J connectivity index is 1.37. The van der Waals surface area contributed by atoms with E-state index >= 15 is 0 Å². The zero-order valence-corrected chi connectivity index (χ0v) is 23.1. The molecule has 3 heteroatoms. The van der Waals surface area contributed by atoms with Gasteiger partial charge in [0.1, 0.15) is 11.2 Å². The van der Waals surface area contributed by atoms with Crippen LogP contribution in [0.25, 0.3) is 54.6 Å². The Kier molecular flexibility index (Phi) is 5.45. The fraction of sp³-hybridized carbons (Fsp3) is 0. The van der Waals surface area contributed by atoms with E-state index in [-0.39, 0.29) is 0 Å². The summed E-state index contributed by atoms with van der Waals surface area (Å²) in [5, 5.41) is 9.47. The molecule has 194 valence electrons. The number of fused-ring (bicyclic) bond motifs is 7. The van der Waals surface area contributed by atoms with Crippen molar-refractivity contribution in [1.82, 2.24) is 0 Å². The van der Waals surface area contributed by atoms with E-state index in [0.29, 0.717) is 0 Å². The summed E-state index contributed by atoms with van der Waals surface area (Å²) in [5.74, 6) is 0. The molecular weight excluding hydrogens is 519 g/mol. The Hall–Kier alpha value is -4.91. The van der Waals surface area contributed by atoms with Gasteiger partial charge in [-0.25, -0.2) is 0 Å². The van der Waals surface area contributed by atoms with Crippen molar-refractivity contribution in [2.45, 2.75) is 0 Å². The first-order valence-corrected chi connectivity index (χ1v) is 15.5. The number of benzene rings is 7. The molecule has 8 aromatic rings. The van der Waals surface area contributed by atoms with E-state index in [1.165, 1.54) is 16.2 Å². The van der Waals surface area contributed by atoms with Gasteiger partial charge in [-0.05, 0) is 39.2 Å². The third-order valence-corrected chi connectivity index (χ3v) is 11.2. The topological polar surface area (TPSA) is 30.2 Å². The third kappa shape index (κ3) is 3.69. The Morgan fingerprint density at radius 3 is 1.66 bits per heavy atom. The van der Waals surface area contributed by atoms with Crippen molar-refractivity contribution in [3.05, 3.63) is 152 Å². The minimum absolute atomic E-state index is 0.811. The summed E-state index contributed by atoms with van der Waals surface area (Å²) < 4.78 is 21.5. The average molecular weight is 545 g/mol. The monoisotopic (exact) mass is 544 g/mol. The van der Waals surface area contributed by atoms with Gasteiger partial charge in [0.05, 0.1) is 0 Å². The molecule has 2 nitrogen and oxygen atoms in total. The van der Waals surface area contributed by atoms with Gasteiger partial charge < -0.3 is 8.98 Å². The van der Waals surface area contributed by atoms with Crippen molar-refractivity contribution in [2.75, 3.05) is 0 Å². The molecule has 8 rings (SSSR count). The first kappa shape index (κ1) is 23.9. The number of rotatable bonds is 4. The zero-order valence-electron chi connectivity index (χ0n) is 22.2. The highest BCUT2D eigenvalue weighted by molar-refractivity contribution is 7.85. The third-order valence-electron chi connectivity index (χ3n) is 8.14. The van der Waals surface area contributed by atoms with Crippen LogP contribution in [0.3, 0.4) is 0 Å². The molecule has 1 aromatic heterocycles. The van der Waals surface area contributed by atoms with Gasteiger partial charge in [0, 0.05) is 32.2 Å². The highest BCUT2D eigenvalue weighted by Gasteiger charge is 2.29. The molecule has 0 unspecified atom stereocenters. The molecule has 0 bridgehead atoms. The van der Waals surface area contributed by atoms with Crippen LogP contribution in [0.15, 0.2) is 156 Å². The molecule has 0 aliphatic heterocycles. The van der Waals surface area contributed by atoms with Crippen LogP contribution in [0, 0.1) is 0 Å². The first-order valence-electron chi connectivity index (χ1n) is 13.8. The molecule has 0 aliphatic carbocycles. The van der Waals surface area contributed by atoms with Crippen molar-refractivity contribution in [2.24, 2.45) is 0 Å². The summed E-state index contributed by atoms with van der Waals surface area (Å²) in [4.78, 5) is 0. The summed E-state index contributed by atoms with van der Waals surface area (Å²) in [7, 11) is -3.05. The summed E-state index contributed by atoms with van der Waals surface area (Å²) in [6.07, 6.45) is 0. The average Bonchev–Trinajstić information content (AvgIpc) is 3.46. The molecule has 41 heavy (non-hydrogen) atoms. The van der Waals surface area contributed by atoms with E-state index in [1.807, 2.05) is 72.8 Å². The molecular formula is C38H25O2P. The lowest BCUT2D eigenvalue weighted by molar-refractivity contribution is 0.592. The van der Waals surface area contributed by atoms with Gasteiger partial charge in [0.25, 0.3) is 0 Å². The molecule has 0 saturated heterocycles. The second-order valence-electron chi connectivity index (χ2n) is 10.4. The Bertz CT molecular complexity index is 2220. The van der Waals surface area contributed by atoms with Crippen molar-refractivity contribution in [1.29, 1.82) is 0 Å². The maximum absolute atomic E-state index is 14.9. The molecule has 0 saturated carbocycles. The van der Waals surface area contributed by atoms with Crippen LogP contribution in [0.1, 0.15) is 0 Å². The molecule has 0 spiro atoms. The van der Waals surface area contributed by atoms with E-state index < -0.39 is 7.14 Å². The first-order chi connectivity index (χ1) is 20.2. The lowest BCUT2D eigenvalue weighted by atomic mass is 9.95. The van der Waals surface area contributed by atoms with Gasteiger partial charge in [0.15, 0.2) is 7.14 Å². The van der Waals surface area contributed by atoms with Crippen LogP contribution in [-0.2, 0) is 4.57 Å². The summed E-state index contributed by atoms with van der Waals surface area (Å²) >= 11 is 0. The van der Waals surface area contributed by atoms with Crippen LogP contribution >= 0.6 is 7.14 Å². The van der Waals surface area contributed by atoms with Crippen molar-refractivity contribution in [3.63, 3.8) is 0 Å². The fourth-order valence-corrected chi connectivity index (χ4v) is 8.82. The normalized spacial score (nSPS) is 12.0. The SMILES string of the molecule is O=P(c1ccccc1)(c1ccccc1)c1ccc(-c2cc3ccccc3c3c2oc2ccc4ccccc4c23)cc1. The minimum Gasteiger partial charge on any atom is -0.455 e. The minimum atomic E-state index is -3.05. The Morgan fingerprint density at radius 2 is 1.00 bits per heavy atom. The maximum atomic E-state index is 14.9. The van der Waals surface area contributed by atoms with E-state index in [9.17, 15) is 4.57 Å². The van der Waals surface area contributed by atoms with Crippen LogP contribution in [0.5, 0.6) is 0 Å². The fourth-order valence-electron chi connectivity index (χ4n) is 6.18. The molecule has 7 aromatic carbocycles. The van der Waals surface area contributed by atoms with Gasteiger partial charge in [-0.2, -0.15) is 0 Å². The van der Waals surface area contributed by atoms with Crippen LogP contribution in [0.2, 0.25) is 0 Å². The van der Waals surface area contributed by atoms with Gasteiger partial charge in [-0.3, -0.25) is 0 Å². The number of hydrogen-bond donors (Lipinski definition) is 0. The van der Waals surface area contributed by atoms with E-state index in [0.717, 1.165) is 54.4 Å². The van der Waals surface area contributed by atoms with Gasteiger partial charge in [-0.1, -0.05) is 140 Å². The largest absolute Gasteiger partial charge is 0.455 e. The van der Waals surface area contributed by atoms with Crippen LogP contribution < -0.4 is 15.9 Å². The van der Waals surface area contributed by atoms with E-state index in [2.05, 4.69) is 78.9 Å². The smallest absolute Gasteiger partial charge is 0.171 e. The molecule has 0 aliphatic rings. The molecule has 1 heterocycles.